The third kappa shape index (κ3) is 16.1. The molecule has 0 aliphatic rings. The van der Waals surface area contributed by atoms with Crippen LogP contribution in [-0.2, 0) is 0 Å². The number of hydrogen-bond donors (Lipinski definition) is 0. The molecule has 0 atom stereocenters. The zero-order valence-electron chi connectivity index (χ0n) is 16.1. The summed E-state index contributed by atoms with van der Waals surface area (Å²) in [6.45, 7) is 6.20. The Morgan fingerprint density at radius 1 is 0.476 bits per heavy atom. The number of unbranched alkanes of at least 4 members (excludes halogenated alkanes) is 9. The highest BCUT2D eigenvalue weighted by Gasteiger charge is 2.18. The Bertz CT molecular complexity index is 228. The molecule has 0 heterocycles. The van der Waals surface area contributed by atoms with Crippen molar-refractivity contribution < 1.29 is 8.97 Å². The number of nitrogens with zero attached hydrogens (tertiary/aromatic N) is 2. The second-order valence-electron chi connectivity index (χ2n) is 8.58. The van der Waals surface area contributed by atoms with E-state index >= 15 is 0 Å². The molecule has 0 radical (unpaired) electrons. The molecule has 21 heavy (non-hydrogen) atoms. The maximum atomic E-state index is 2.39. The quantitative estimate of drug-likeness (QED) is 0.322. The van der Waals surface area contributed by atoms with Gasteiger partial charge in [-0.1, -0.05) is 58.3 Å². The smallest absolute Gasteiger partial charge is 0.128 e. The second-order valence-corrected chi connectivity index (χ2v) is 8.58. The van der Waals surface area contributed by atoms with Gasteiger partial charge in [0.2, 0.25) is 0 Å². The van der Waals surface area contributed by atoms with Crippen molar-refractivity contribution in [3.05, 3.63) is 0 Å². The monoisotopic (exact) mass is 300 g/mol. The maximum absolute atomic E-state index is 2.39. The van der Waals surface area contributed by atoms with E-state index in [0.717, 1.165) is 4.48 Å². The highest BCUT2D eigenvalue weighted by atomic mass is 15.4. The van der Waals surface area contributed by atoms with Crippen molar-refractivity contribution in [2.45, 2.75) is 71.1 Å². The molecule has 0 fully saturated rings. The first-order chi connectivity index (χ1) is 9.77. The average Bonchev–Trinajstić information content (AvgIpc) is 2.38. The van der Waals surface area contributed by atoms with Gasteiger partial charge < -0.3 is 8.97 Å². The van der Waals surface area contributed by atoms with Gasteiger partial charge in [0.05, 0.1) is 41.8 Å². The third-order valence-electron chi connectivity index (χ3n) is 4.49. The second kappa shape index (κ2) is 11.5. The van der Waals surface area contributed by atoms with Crippen molar-refractivity contribution in [2.75, 3.05) is 54.9 Å². The molecule has 0 N–H and O–H groups in total. The van der Waals surface area contributed by atoms with Crippen molar-refractivity contribution in [1.29, 1.82) is 0 Å². The van der Waals surface area contributed by atoms with Gasteiger partial charge in [0.25, 0.3) is 0 Å². The molecule has 0 saturated carbocycles. The molecule has 2 nitrogen and oxygen atoms in total. The molecule has 0 unspecified atom stereocenters. The number of likely N-dealkylation sites (N-methyl/N-ethyl adjacent to an activating group) is 2. The van der Waals surface area contributed by atoms with Crippen molar-refractivity contribution in [2.24, 2.45) is 0 Å². The van der Waals surface area contributed by atoms with Crippen LogP contribution in [0.25, 0.3) is 0 Å². The first-order valence-corrected chi connectivity index (χ1v) is 9.39. The van der Waals surface area contributed by atoms with Crippen molar-refractivity contribution in [3.63, 3.8) is 0 Å². The molecular formula is C19H44N2+2. The molecule has 0 bridgehead atoms. The molecule has 0 saturated heterocycles. The van der Waals surface area contributed by atoms with Crippen molar-refractivity contribution in [3.8, 4) is 0 Å². The number of rotatable bonds is 14. The molecule has 0 aromatic rings. The van der Waals surface area contributed by atoms with Crippen LogP contribution in [0, 0.1) is 0 Å². The SMILES string of the molecule is CCCCCCCCCCCC[N+](C)(C)CC[N+](C)(C)C. The minimum atomic E-state index is 1.08. The highest BCUT2D eigenvalue weighted by Crippen LogP contribution is 2.11. The van der Waals surface area contributed by atoms with Crippen LogP contribution in [-0.4, -0.2) is 63.8 Å². The first-order valence-electron chi connectivity index (χ1n) is 9.39. The predicted octanol–water partition coefficient (Wildman–Crippen LogP) is 4.69. The molecule has 0 amide bonds. The van der Waals surface area contributed by atoms with E-state index in [1.54, 1.807) is 0 Å². The van der Waals surface area contributed by atoms with Crippen LogP contribution in [0.4, 0.5) is 0 Å². The Morgan fingerprint density at radius 3 is 1.33 bits per heavy atom. The van der Waals surface area contributed by atoms with Crippen LogP contribution in [0.3, 0.4) is 0 Å². The molecule has 0 aliphatic carbocycles. The van der Waals surface area contributed by atoms with Crippen molar-refractivity contribution in [1.82, 2.24) is 0 Å². The molecule has 0 aliphatic heterocycles. The van der Waals surface area contributed by atoms with E-state index in [1.165, 1.54) is 88.3 Å². The normalized spacial score (nSPS) is 12.9. The Morgan fingerprint density at radius 2 is 0.905 bits per heavy atom. The average molecular weight is 301 g/mol. The Labute approximate surface area is 135 Å². The summed E-state index contributed by atoms with van der Waals surface area (Å²) in [4.78, 5) is 0. The Kier molecular flexibility index (Phi) is 11.4. The highest BCUT2D eigenvalue weighted by molar-refractivity contribution is 4.47. The van der Waals surface area contributed by atoms with Gasteiger partial charge in [-0.2, -0.15) is 0 Å². The minimum Gasteiger partial charge on any atom is -0.326 e. The topological polar surface area (TPSA) is 0 Å². The molecule has 0 spiro atoms. The first kappa shape index (κ1) is 20.9. The van der Waals surface area contributed by atoms with Gasteiger partial charge in [-0.05, 0) is 12.8 Å². The fraction of sp³-hybridized carbons (Fsp3) is 1.00. The lowest BCUT2D eigenvalue weighted by Crippen LogP contribution is -2.49. The van der Waals surface area contributed by atoms with E-state index in [-0.39, 0.29) is 0 Å². The summed E-state index contributed by atoms with van der Waals surface area (Å²) in [5.74, 6) is 0. The van der Waals surface area contributed by atoms with Gasteiger partial charge >= 0.3 is 0 Å². The van der Waals surface area contributed by atoms with E-state index in [0.29, 0.717) is 0 Å². The fourth-order valence-corrected chi connectivity index (χ4v) is 2.71. The molecule has 2 heteroatoms. The zero-order valence-corrected chi connectivity index (χ0v) is 16.1. The van der Waals surface area contributed by atoms with Gasteiger partial charge in [0.1, 0.15) is 13.1 Å². The van der Waals surface area contributed by atoms with Crippen LogP contribution in [0.5, 0.6) is 0 Å². The number of hydrogen-bond acceptors (Lipinski definition) is 0. The van der Waals surface area contributed by atoms with E-state index in [2.05, 4.69) is 42.2 Å². The van der Waals surface area contributed by atoms with E-state index in [9.17, 15) is 0 Å². The lowest BCUT2D eigenvalue weighted by Gasteiger charge is -2.33. The zero-order chi connectivity index (χ0) is 16.2. The standard InChI is InChI=1S/C19H44N2/c1-7-8-9-10-11-12-13-14-15-16-17-21(5,6)19-18-20(2,3)4/h7-19H2,1-6H3/q+2. The third-order valence-corrected chi connectivity index (χ3v) is 4.49. The summed E-state index contributed by atoms with van der Waals surface area (Å²) < 4.78 is 2.27. The summed E-state index contributed by atoms with van der Waals surface area (Å²) >= 11 is 0. The Balaban J connectivity index is 3.40. The molecule has 0 rings (SSSR count). The summed E-state index contributed by atoms with van der Waals surface area (Å²) in [7, 11) is 11.7. The summed E-state index contributed by atoms with van der Waals surface area (Å²) in [6, 6.07) is 0. The van der Waals surface area contributed by atoms with Gasteiger partial charge in [0, 0.05) is 0 Å². The fourth-order valence-electron chi connectivity index (χ4n) is 2.71. The summed E-state index contributed by atoms with van der Waals surface area (Å²) in [6.07, 6.45) is 14.4. The van der Waals surface area contributed by atoms with E-state index < -0.39 is 0 Å². The van der Waals surface area contributed by atoms with Crippen molar-refractivity contribution >= 4 is 0 Å². The van der Waals surface area contributed by atoms with Gasteiger partial charge in [0.15, 0.2) is 0 Å². The summed E-state index contributed by atoms with van der Waals surface area (Å²) in [5.41, 5.74) is 0. The maximum Gasteiger partial charge on any atom is 0.128 e. The van der Waals surface area contributed by atoms with Crippen LogP contribution in [0.2, 0.25) is 0 Å². The lowest BCUT2D eigenvalue weighted by atomic mass is 10.1. The van der Waals surface area contributed by atoms with E-state index in [1.807, 2.05) is 0 Å². The number of quaternary nitrogens is 2. The lowest BCUT2D eigenvalue weighted by molar-refractivity contribution is -0.937. The van der Waals surface area contributed by atoms with Gasteiger partial charge in [-0.3, -0.25) is 0 Å². The molecule has 0 aromatic carbocycles. The molecular weight excluding hydrogens is 256 g/mol. The van der Waals surface area contributed by atoms with Gasteiger partial charge in [-0.25, -0.2) is 0 Å². The van der Waals surface area contributed by atoms with Gasteiger partial charge in [-0.15, -0.1) is 0 Å². The summed E-state index contributed by atoms with van der Waals surface area (Å²) in [5, 5.41) is 0. The largest absolute Gasteiger partial charge is 0.326 e. The van der Waals surface area contributed by atoms with Crippen LogP contribution in [0.1, 0.15) is 71.1 Å². The predicted molar refractivity (Wildman–Crippen MR) is 96.6 cm³/mol. The molecule has 0 aromatic heterocycles. The van der Waals surface area contributed by atoms with Crippen LogP contribution < -0.4 is 0 Å². The minimum absolute atomic E-state index is 1.08. The molecule has 128 valence electrons. The van der Waals surface area contributed by atoms with Crippen LogP contribution in [0.15, 0.2) is 0 Å². The van der Waals surface area contributed by atoms with Crippen LogP contribution >= 0.6 is 0 Å². The Hall–Kier alpha value is -0.0800. The van der Waals surface area contributed by atoms with E-state index in [4.69, 9.17) is 0 Å².